The predicted molar refractivity (Wildman–Crippen MR) is 99.5 cm³/mol. The fraction of sp³-hybridized carbons (Fsp3) is 0.294. The highest BCUT2D eigenvalue weighted by atomic mass is 32.2. The van der Waals surface area contributed by atoms with Crippen molar-refractivity contribution < 1.29 is 22.7 Å². The van der Waals surface area contributed by atoms with E-state index in [2.05, 4.69) is 24.9 Å². The van der Waals surface area contributed by atoms with Crippen LogP contribution in [0.3, 0.4) is 0 Å². The summed E-state index contributed by atoms with van der Waals surface area (Å²) < 4.78 is 31.8. The van der Waals surface area contributed by atoms with Gasteiger partial charge in [-0.2, -0.15) is 10.2 Å². The average molecular weight is 405 g/mol. The number of carbonyl (C=O) groups excluding carboxylic acids is 2. The number of hydrogen-bond acceptors (Lipinski definition) is 9. The van der Waals surface area contributed by atoms with E-state index in [1.807, 2.05) is 0 Å². The summed E-state index contributed by atoms with van der Waals surface area (Å²) in [6.45, 7) is 4.23. The topological polar surface area (TPSA) is 140 Å². The Labute approximate surface area is 162 Å². The van der Waals surface area contributed by atoms with Crippen LogP contribution in [0, 0.1) is 0 Å². The van der Waals surface area contributed by atoms with Gasteiger partial charge in [-0.15, -0.1) is 0 Å². The number of anilines is 1. The second kappa shape index (κ2) is 8.65. The summed E-state index contributed by atoms with van der Waals surface area (Å²) in [4.78, 5) is 31.4. The highest BCUT2D eigenvalue weighted by Gasteiger charge is 2.40. The zero-order valence-electron chi connectivity index (χ0n) is 15.5. The Kier molecular flexibility index (Phi) is 6.52. The van der Waals surface area contributed by atoms with Crippen molar-refractivity contribution >= 4 is 33.4 Å². The van der Waals surface area contributed by atoms with E-state index >= 15 is 0 Å². The lowest BCUT2D eigenvalue weighted by atomic mass is 9.99. The maximum atomic E-state index is 12.3. The third-order valence-corrected chi connectivity index (χ3v) is 5.01. The van der Waals surface area contributed by atoms with Crippen molar-refractivity contribution in [1.82, 2.24) is 9.97 Å². The molecule has 28 heavy (non-hydrogen) atoms. The van der Waals surface area contributed by atoms with Crippen molar-refractivity contribution in [3.05, 3.63) is 42.7 Å². The quantitative estimate of drug-likeness (QED) is 0.403. The van der Waals surface area contributed by atoms with Crippen molar-refractivity contribution in [1.29, 1.82) is 0 Å². The van der Waals surface area contributed by atoms with Crippen molar-refractivity contribution in [2.45, 2.75) is 31.2 Å². The number of esters is 1. The van der Waals surface area contributed by atoms with E-state index in [-0.39, 0.29) is 23.1 Å². The summed E-state index contributed by atoms with van der Waals surface area (Å²) in [6, 6.07) is 6.93. The molecular weight excluding hydrogens is 386 g/mol. The maximum absolute atomic E-state index is 12.3. The molecule has 1 atom stereocenters. The van der Waals surface area contributed by atoms with Gasteiger partial charge in [-0.25, -0.2) is 27.9 Å². The minimum Gasteiger partial charge on any atom is -0.464 e. The number of azo groups is 1. The van der Waals surface area contributed by atoms with Crippen LogP contribution < -0.4 is 4.72 Å². The molecule has 2 aromatic rings. The molecule has 1 heterocycles. The first-order chi connectivity index (χ1) is 13.2. The van der Waals surface area contributed by atoms with Gasteiger partial charge in [0.15, 0.2) is 5.78 Å². The third kappa shape index (κ3) is 4.94. The molecule has 10 nitrogen and oxygen atoms in total. The van der Waals surface area contributed by atoms with Gasteiger partial charge in [-0.3, -0.25) is 4.79 Å². The molecule has 2 rings (SSSR count). The van der Waals surface area contributed by atoms with Gasteiger partial charge in [0.25, 0.3) is 10.0 Å². The van der Waals surface area contributed by atoms with Crippen LogP contribution in [0.2, 0.25) is 0 Å². The summed E-state index contributed by atoms with van der Waals surface area (Å²) >= 11 is 0. The summed E-state index contributed by atoms with van der Waals surface area (Å²) in [7, 11) is -3.88. The molecule has 1 aromatic carbocycles. The number of benzene rings is 1. The van der Waals surface area contributed by atoms with E-state index in [0.29, 0.717) is 0 Å². The van der Waals surface area contributed by atoms with Gasteiger partial charge in [-0.05, 0) is 51.1 Å². The minimum absolute atomic E-state index is 0.0429. The fourth-order valence-electron chi connectivity index (χ4n) is 1.91. The number of Topliss-reactive ketones (excluding diaryl/α,β-unsaturated/α-hetero) is 1. The molecule has 0 spiro atoms. The van der Waals surface area contributed by atoms with Gasteiger partial charge in [0.05, 0.1) is 17.2 Å². The van der Waals surface area contributed by atoms with Crippen LogP contribution in [-0.2, 0) is 24.3 Å². The maximum Gasteiger partial charge on any atom is 0.343 e. The molecule has 1 N–H and O–H groups in total. The highest BCUT2D eigenvalue weighted by molar-refractivity contribution is 7.92. The van der Waals surface area contributed by atoms with E-state index in [0.717, 1.165) is 0 Å². The van der Waals surface area contributed by atoms with E-state index in [9.17, 15) is 18.0 Å². The Bertz CT molecular complexity index is 977. The predicted octanol–water partition coefficient (Wildman–Crippen LogP) is 2.27. The van der Waals surface area contributed by atoms with Gasteiger partial charge < -0.3 is 4.74 Å². The Balaban J connectivity index is 2.20. The molecule has 0 aliphatic rings. The number of ether oxygens (including phenoxy) is 1. The van der Waals surface area contributed by atoms with Crippen LogP contribution in [0.15, 0.2) is 57.8 Å². The molecule has 1 aromatic heterocycles. The van der Waals surface area contributed by atoms with Gasteiger partial charge in [-0.1, -0.05) is 0 Å². The molecule has 11 heteroatoms. The molecule has 0 fully saturated rings. The molecule has 0 bridgehead atoms. The van der Waals surface area contributed by atoms with Crippen LogP contribution in [0.5, 0.6) is 0 Å². The molecule has 0 saturated heterocycles. The zero-order valence-corrected chi connectivity index (χ0v) is 16.3. The smallest absolute Gasteiger partial charge is 0.343 e. The molecule has 0 aliphatic carbocycles. The highest BCUT2D eigenvalue weighted by Crippen LogP contribution is 2.22. The Morgan fingerprint density at radius 3 is 2.32 bits per heavy atom. The van der Waals surface area contributed by atoms with E-state index in [1.54, 1.807) is 13.0 Å². The second-order valence-electron chi connectivity index (χ2n) is 5.72. The Morgan fingerprint density at radius 2 is 1.79 bits per heavy atom. The number of aromatic nitrogens is 2. The minimum atomic E-state index is -3.88. The number of hydrogen-bond donors (Lipinski definition) is 1. The summed E-state index contributed by atoms with van der Waals surface area (Å²) in [5, 5.41) is 7.69. The van der Waals surface area contributed by atoms with Crippen molar-refractivity contribution in [2.24, 2.45) is 10.2 Å². The first-order valence-corrected chi connectivity index (χ1v) is 9.68. The summed E-state index contributed by atoms with van der Waals surface area (Å²) in [5.74, 6) is -1.39. The molecular formula is C17H19N5O5S. The van der Waals surface area contributed by atoms with Crippen LogP contribution in [0.1, 0.15) is 20.8 Å². The van der Waals surface area contributed by atoms with E-state index < -0.39 is 27.3 Å². The van der Waals surface area contributed by atoms with Gasteiger partial charge in [0.1, 0.15) is 0 Å². The van der Waals surface area contributed by atoms with Crippen LogP contribution in [0.4, 0.5) is 11.6 Å². The Hall–Kier alpha value is -3.21. The van der Waals surface area contributed by atoms with E-state index in [1.165, 1.54) is 50.5 Å². The molecule has 0 amide bonds. The number of nitrogens with zero attached hydrogens (tertiary/aromatic N) is 4. The van der Waals surface area contributed by atoms with E-state index in [4.69, 9.17) is 4.74 Å². The van der Waals surface area contributed by atoms with Crippen LogP contribution in [0.25, 0.3) is 0 Å². The molecule has 0 radical (unpaired) electrons. The molecule has 0 saturated carbocycles. The fourth-order valence-corrected chi connectivity index (χ4v) is 2.87. The standard InChI is InChI=1S/C17H19N5O5S/c1-4-27-15(24)17(3,12(2)23)22-20-13-6-8-14(9-7-13)28(25,26)21-16-18-10-5-11-19-16/h5-11H,4H2,1-3H3,(H,18,19,21)/b22-20+. The number of carbonyl (C=O) groups is 2. The lowest BCUT2D eigenvalue weighted by Gasteiger charge is -2.18. The largest absolute Gasteiger partial charge is 0.464 e. The second-order valence-corrected chi connectivity index (χ2v) is 7.40. The monoisotopic (exact) mass is 405 g/mol. The SMILES string of the molecule is CCOC(=O)C(C)(/N=N/c1ccc(S(=O)(=O)Nc2ncccn2)cc1)C(C)=O. The average Bonchev–Trinajstić information content (AvgIpc) is 2.67. The van der Waals surface area contributed by atoms with Crippen LogP contribution in [-0.4, -0.2) is 42.3 Å². The first kappa shape index (κ1) is 21.1. The lowest BCUT2D eigenvalue weighted by Crippen LogP contribution is -2.41. The number of rotatable bonds is 8. The lowest BCUT2D eigenvalue weighted by molar-refractivity contribution is -0.152. The molecule has 0 aliphatic heterocycles. The number of nitrogens with one attached hydrogen (secondary N) is 1. The number of ketones is 1. The van der Waals surface area contributed by atoms with Crippen molar-refractivity contribution in [3.63, 3.8) is 0 Å². The normalized spacial score (nSPS) is 13.7. The Morgan fingerprint density at radius 1 is 1.18 bits per heavy atom. The van der Waals surface area contributed by atoms with Gasteiger partial charge in [0, 0.05) is 12.4 Å². The summed E-state index contributed by atoms with van der Waals surface area (Å²) in [5.41, 5.74) is -1.51. The third-order valence-electron chi connectivity index (χ3n) is 3.66. The van der Waals surface area contributed by atoms with Gasteiger partial charge >= 0.3 is 5.97 Å². The summed E-state index contributed by atoms with van der Waals surface area (Å²) in [6.07, 6.45) is 2.81. The molecule has 148 valence electrons. The van der Waals surface area contributed by atoms with Crippen molar-refractivity contribution in [3.8, 4) is 0 Å². The van der Waals surface area contributed by atoms with Crippen LogP contribution >= 0.6 is 0 Å². The zero-order chi connectivity index (χ0) is 20.8. The van der Waals surface area contributed by atoms with Gasteiger partial charge in [0.2, 0.25) is 11.5 Å². The van der Waals surface area contributed by atoms with Crippen molar-refractivity contribution in [2.75, 3.05) is 11.3 Å². The first-order valence-electron chi connectivity index (χ1n) is 8.20. The number of sulfonamides is 1. The molecule has 1 unspecified atom stereocenters.